The number of hydrogen-bond donors (Lipinski definition) is 1. The fourth-order valence-electron chi connectivity index (χ4n) is 1.86. The van der Waals surface area contributed by atoms with Crippen molar-refractivity contribution in [2.24, 2.45) is 5.92 Å². The fraction of sp³-hybridized carbons (Fsp3) is 0.600. The molecular formula is C10H13BrO2S. The van der Waals surface area contributed by atoms with Crippen LogP contribution in [-0.2, 0) is 4.74 Å². The van der Waals surface area contributed by atoms with E-state index in [-0.39, 0.29) is 18.1 Å². The lowest BCUT2D eigenvalue weighted by molar-refractivity contribution is 0.0448. The predicted molar refractivity (Wildman–Crippen MR) is 60.5 cm³/mol. The van der Waals surface area contributed by atoms with Gasteiger partial charge in [0.25, 0.3) is 0 Å². The van der Waals surface area contributed by atoms with Gasteiger partial charge in [0.2, 0.25) is 0 Å². The number of hydrogen-bond acceptors (Lipinski definition) is 3. The van der Waals surface area contributed by atoms with Gasteiger partial charge in [0, 0.05) is 17.4 Å². The van der Waals surface area contributed by atoms with E-state index in [9.17, 15) is 5.11 Å². The lowest BCUT2D eigenvalue weighted by Gasteiger charge is -2.19. The Balaban J connectivity index is 2.11. The molecule has 1 fully saturated rings. The van der Waals surface area contributed by atoms with Crippen molar-refractivity contribution in [3.8, 4) is 0 Å². The molecule has 0 bridgehead atoms. The van der Waals surface area contributed by atoms with Crippen molar-refractivity contribution >= 4 is 27.3 Å². The van der Waals surface area contributed by atoms with E-state index in [2.05, 4.69) is 15.9 Å². The molecule has 4 heteroatoms. The molecule has 1 aliphatic rings. The minimum absolute atomic E-state index is 0.172. The summed E-state index contributed by atoms with van der Waals surface area (Å²) in [5.41, 5.74) is 0. The van der Waals surface area contributed by atoms with Gasteiger partial charge in [-0.15, -0.1) is 11.3 Å². The molecule has 1 aromatic rings. The Kier molecular flexibility index (Phi) is 3.27. The van der Waals surface area contributed by atoms with Crippen LogP contribution in [0.5, 0.6) is 0 Å². The third-order valence-corrected chi connectivity index (χ3v) is 4.42. The molecule has 3 atom stereocenters. The van der Waals surface area contributed by atoms with Crippen LogP contribution in [0, 0.1) is 5.92 Å². The van der Waals surface area contributed by atoms with Crippen LogP contribution < -0.4 is 0 Å². The summed E-state index contributed by atoms with van der Waals surface area (Å²) in [5, 5.41) is 10.1. The van der Waals surface area contributed by atoms with Crippen LogP contribution >= 0.6 is 27.3 Å². The summed E-state index contributed by atoms with van der Waals surface area (Å²) in [7, 11) is 0. The van der Waals surface area contributed by atoms with Gasteiger partial charge in [-0.1, -0.05) is 0 Å². The lowest BCUT2D eigenvalue weighted by Crippen LogP contribution is -2.18. The number of halogens is 1. The number of thiophene rings is 1. The molecule has 14 heavy (non-hydrogen) atoms. The minimum Gasteiger partial charge on any atom is -0.387 e. The van der Waals surface area contributed by atoms with Crippen molar-refractivity contribution in [3.63, 3.8) is 0 Å². The largest absolute Gasteiger partial charge is 0.387 e. The third kappa shape index (κ3) is 2.03. The molecular weight excluding hydrogens is 264 g/mol. The molecule has 1 saturated heterocycles. The van der Waals surface area contributed by atoms with Crippen LogP contribution in [0.4, 0.5) is 0 Å². The summed E-state index contributed by atoms with van der Waals surface area (Å²) in [6.45, 7) is 2.80. The summed E-state index contributed by atoms with van der Waals surface area (Å²) in [6.07, 6.45) is 0.757. The highest BCUT2D eigenvalue weighted by molar-refractivity contribution is 9.11. The Morgan fingerprint density at radius 3 is 2.93 bits per heavy atom. The molecule has 78 valence electrons. The molecule has 1 aromatic heterocycles. The van der Waals surface area contributed by atoms with Crippen molar-refractivity contribution in [2.75, 3.05) is 6.61 Å². The first-order valence-electron chi connectivity index (χ1n) is 4.73. The highest BCUT2D eigenvalue weighted by atomic mass is 79.9. The molecule has 0 radical (unpaired) electrons. The summed E-state index contributed by atoms with van der Waals surface area (Å²) < 4.78 is 6.52. The highest BCUT2D eigenvalue weighted by Crippen LogP contribution is 2.37. The first kappa shape index (κ1) is 10.6. The van der Waals surface area contributed by atoms with E-state index in [0.29, 0.717) is 0 Å². The number of aliphatic hydroxyl groups excluding tert-OH is 1. The third-order valence-electron chi connectivity index (χ3n) is 2.73. The van der Waals surface area contributed by atoms with Gasteiger partial charge in [-0.05, 0) is 41.4 Å². The summed E-state index contributed by atoms with van der Waals surface area (Å²) in [4.78, 5) is 1.03. The molecule has 0 aliphatic carbocycles. The first-order chi connectivity index (χ1) is 6.68. The van der Waals surface area contributed by atoms with Crippen LogP contribution in [0.25, 0.3) is 0 Å². The van der Waals surface area contributed by atoms with Crippen LogP contribution in [0.1, 0.15) is 24.3 Å². The van der Waals surface area contributed by atoms with Crippen molar-refractivity contribution in [1.29, 1.82) is 0 Å². The molecule has 0 saturated carbocycles. The molecule has 3 unspecified atom stereocenters. The van der Waals surface area contributed by atoms with Gasteiger partial charge >= 0.3 is 0 Å². The van der Waals surface area contributed by atoms with Gasteiger partial charge in [0.05, 0.1) is 16.0 Å². The summed E-state index contributed by atoms with van der Waals surface area (Å²) >= 11 is 5.00. The molecule has 2 nitrogen and oxygen atoms in total. The second-order valence-corrected chi connectivity index (χ2v) is 6.11. The van der Waals surface area contributed by atoms with Crippen LogP contribution in [0.2, 0.25) is 0 Å². The van der Waals surface area contributed by atoms with Gasteiger partial charge in [0.15, 0.2) is 0 Å². The summed E-state index contributed by atoms with van der Waals surface area (Å²) in [6, 6.07) is 3.95. The maximum Gasteiger partial charge on any atom is 0.0935 e. The quantitative estimate of drug-likeness (QED) is 0.900. The van der Waals surface area contributed by atoms with E-state index in [4.69, 9.17) is 4.74 Å². The lowest BCUT2D eigenvalue weighted by atomic mass is 9.95. The minimum atomic E-state index is -0.371. The normalized spacial score (nSPS) is 29.4. The molecule has 2 rings (SSSR count). The van der Waals surface area contributed by atoms with Crippen molar-refractivity contribution in [3.05, 3.63) is 20.8 Å². The van der Waals surface area contributed by atoms with Crippen LogP contribution in [0.3, 0.4) is 0 Å². The zero-order valence-electron chi connectivity index (χ0n) is 7.94. The number of aliphatic hydroxyl groups is 1. The Bertz CT molecular complexity index is 313. The Morgan fingerprint density at radius 2 is 2.43 bits per heavy atom. The van der Waals surface area contributed by atoms with E-state index in [0.717, 1.165) is 21.7 Å². The molecule has 0 amide bonds. The molecule has 2 heterocycles. The van der Waals surface area contributed by atoms with Gasteiger partial charge in [-0.2, -0.15) is 0 Å². The van der Waals surface area contributed by atoms with Crippen LogP contribution in [0.15, 0.2) is 15.9 Å². The highest BCUT2D eigenvalue weighted by Gasteiger charge is 2.32. The van der Waals surface area contributed by atoms with E-state index in [1.54, 1.807) is 11.3 Å². The Hall–Kier alpha value is 0.1000. The number of ether oxygens (including phenoxy) is 1. The average molecular weight is 277 g/mol. The second-order valence-electron chi connectivity index (χ2n) is 3.62. The van der Waals surface area contributed by atoms with Gasteiger partial charge < -0.3 is 9.84 Å². The SMILES string of the molecule is CC1OCCC1C(O)c1ccc(Br)s1. The topological polar surface area (TPSA) is 29.5 Å². The predicted octanol–water partition coefficient (Wildman–Crippen LogP) is 2.97. The van der Waals surface area contributed by atoms with Gasteiger partial charge in [0.1, 0.15) is 0 Å². The first-order valence-corrected chi connectivity index (χ1v) is 6.34. The monoisotopic (exact) mass is 276 g/mol. The Morgan fingerprint density at radius 1 is 1.64 bits per heavy atom. The van der Waals surface area contributed by atoms with Crippen LogP contribution in [-0.4, -0.2) is 17.8 Å². The zero-order chi connectivity index (χ0) is 10.1. The maximum atomic E-state index is 10.1. The molecule has 0 spiro atoms. The second kappa shape index (κ2) is 4.31. The zero-order valence-corrected chi connectivity index (χ0v) is 10.3. The van der Waals surface area contributed by atoms with E-state index < -0.39 is 0 Å². The standard InChI is InChI=1S/C10H13BrO2S/c1-6-7(4-5-13-6)10(12)8-2-3-9(11)14-8/h2-3,6-7,10,12H,4-5H2,1H3. The average Bonchev–Trinajstić information content (AvgIpc) is 2.73. The van der Waals surface area contributed by atoms with Gasteiger partial charge in [-0.25, -0.2) is 0 Å². The van der Waals surface area contributed by atoms with Crippen molar-refractivity contribution < 1.29 is 9.84 Å². The van der Waals surface area contributed by atoms with E-state index in [1.807, 2.05) is 19.1 Å². The number of rotatable bonds is 2. The van der Waals surface area contributed by atoms with Crippen molar-refractivity contribution in [1.82, 2.24) is 0 Å². The Labute approximate surface area is 96.0 Å². The molecule has 1 N–H and O–H groups in total. The molecule has 0 aromatic carbocycles. The van der Waals surface area contributed by atoms with E-state index >= 15 is 0 Å². The van der Waals surface area contributed by atoms with Gasteiger partial charge in [-0.3, -0.25) is 0 Å². The molecule has 1 aliphatic heterocycles. The maximum absolute atomic E-state index is 10.1. The van der Waals surface area contributed by atoms with Crippen molar-refractivity contribution in [2.45, 2.75) is 25.6 Å². The smallest absolute Gasteiger partial charge is 0.0935 e. The fourth-order valence-corrected chi connectivity index (χ4v) is 3.35. The summed E-state index contributed by atoms with van der Waals surface area (Å²) in [5.74, 6) is 0.251. The van der Waals surface area contributed by atoms with E-state index in [1.165, 1.54) is 0 Å².